The quantitative estimate of drug-likeness (QED) is 0.126. The van der Waals surface area contributed by atoms with Crippen molar-refractivity contribution in [2.45, 2.75) is 81.9 Å². The van der Waals surface area contributed by atoms with Gasteiger partial charge in [0.05, 0.1) is 24.9 Å². The van der Waals surface area contributed by atoms with Crippen molar-refractivity contribution in [2.24, 2.45) is 5.92 Å². The summed E-state index contributed by atoms with van der Waals surface area (Å²) in [6.07, 6.45) is -1.51. The van der Waals surface area contributed by atoms with E-state index in [-0.39, 0.29) is 29.9 Å². The number of hydrogen-bond donors (Lipinski definition) is 3. The van der Waals surface area contributed by atoms with Crippen LogP contribution in [-0.4, -0.2) is 70.7 Å². The van der Waals surface area contributed by atoms with Crippen LogP contribution in [0, 0.1) is 5.92 Å². The maximum Gasteiger partial charge on any atom is 0.421 e. The molecule has 9 rings (SSSR count). The molecular formula is C42H43ClF3N5O6. The number of ether oxygens (including phenoxy) is 3. The number of benzene rings is 2. The predicted octanol–water partition coefficient (Wildman–Crippen LogP) is 7.37. The van der Waals surface area contributed by atoms with Crippen molar-refractivity contribution in [1.29, 1.82) is 0 Å². The molecule has 3 saturated heterocycles. The molecule has 2 atom stereocenters. The first-order valence-corrected chi connectivity index (χ1v) is 19.5. The second kappa shape index (κ2) is 15.4. The van der Waals surface area contributed by atoms with Crippen LogP contribution in [0.2, 0.25) is 5.02 Å². The van der Waals surface area contributed by atoms with Crippen molar-refractivity contribution in [2.75, 3.05) is 27.3 Å². The number of carboxylic acids is 1. The molecule has 300 valence electrons. The van der Waals surface area contributed by atoms with Crippen molar-refractivity contribution < 1.29 is 42.1 Å². The fourth-order valence-corrected chi connectivity index (χ4v) is 9.29. The van der Waals surface area contributed by atoms with E-state index in [2.05, 4.69) is 15.6 Å². The number of aliphatic carboxylic acids is 1. The molecule has 0 unspecified atom stereocenters. The first kappa shape index (κ1) is 38.9. The Bertz CT molecular complexity index is 2210. The monoisotopic (exact) mass is 805 g/mol. The van der Waals surface area contributed by atoms with E-state index in [4.69, 9.17) is 30.8 Å². The third-order valence-electron chi connectivity index (χ3n) is 11.9. The molecule has 1 amide bonds. The highest BCUT2D eigenvalue weighted by Gasteiger charge is 2.57. The summed E-state index contributed by atoms with van der Waals surface area (Å²) in [6, 6.07) is 16.2. The van der Waals surface area contributed by atoms with Gasteiger partial charge in [0.1, 0.15) is 17.2 Å². The predicted molar refractivity (Wildman–Crippen MR) is 205 cm³/mol. The molecule has 2 aromatic carbocycles. The van der Waals surface area contributed by atoms with E-state index in [9.17, 15) is 27.9 Å². The van der Waals surface area contributed by atoms with Gasteiger partial charge in [0, 0.05) is 54.4 Å². The minimum absolute atomic E-state index is 0.0378. The molecule has 11 nitrogen and oxygen atoms in total. The van der Waals surface area contributed by atoms with Crippen molar-refractivity contribution >= 4 is 23.5 Å². The fraction of sp³-hybridized carbons (Fsp3) is 0.429. The van der Waals surface area contributed by atoms with Crippen LogP contribution in [0.3, 0.4) is 0 Å². The zero-order valence-corrected chi connectivity index (χ0v) is 32.3. The van der Waals surface area contributed by atoms with Gasteiger partial charge >= 0.3 is 12.1 Å². The molecule has 0 radical (unpaired) electrons. The van der Waals surface area contributed by atoms with Gasteiger partial charge in [-0.25, -0.2) is 4.98 Å². The average molecular weight is 806 g/mol. The van der Waals surface area contributed by atoms with Crippen molar-refractivity contribution in [3.8, 4) is 40.0 Å². The van der Waals surface area contributed by atoms with Crippen molar-refractivity contribution in [1.82, 2.24) is 25.5 Å². The van der Waals surface area contributed by atoms with Gasteiger partial charge < -0.3 is 30.0 Å². The highest BCUT2D eigenvalue weighted by atomic mass is 35.5. The molecule has 3 aliphatic heterocycles. The van der Waals surface area contributed by atoms with Gasteiger partial charge in [0.25, 0.3) is 0 Å². The number of halogens is 4. The number of fused-ring (bicyclic) bond motifs is 3. The molecule has 5 aliphatic rings. The lowest BCUT2D eigenvalue weighted by Crippen LogP contribution is -2.66. The SMILES string of the molecule is COc1nc(-c2cccc(-c3cccc4c3CC[C@@H]4Oc3nc(OC)c(CN4CCC5CC4(C(=O)O)C5)cc3C(F)(F)F)c2Cl)ccc1CNC[C@@H]1CCC(=O)N1. The topological polar surface area (TPSA) is 135 Å². The summed E-state index contributed by atoms with van der Waals surface area (Å²) >= 11 is 7.13. The molecule has 5 heterocycles. The maximum absolute atomic E-state index is 14.7. The van der Waals surface area contributed by atoms with Gasteiger partial charge in [-0.3, -0.25) is 14.5 Å². The zero-order chi connectivity index (χ0) is 40.1. The Labute approximate surface area is 332 Å². The molecule has 4 aromatic rings. The summed E-state index contributed by atoms with van der Waals surface area (Å²) in [5.41, 5.74) is 3.39. The van der Waals surface area contributed by atoms with Crippen molar-refractivity contribution in [3.05, 3.63) is 87.4 Å². The van der Waals surface area contributed by atoms with Gasteiger partial charge in [-0.2, -0.15) is 18.2 Å². The largest absolute Gasteiger partial charge is 0.481 e. The van der Waals surface area contributed by atoms with E-state index in [1.165, 1.54) is 7.11 Å². The van der Waals surface area contributed by atoms with Gasteiger partial charge in [-0.1, -0.05) is 54.1 Å². The van der Waals surface area contributed by atoms with Crippen LogP contribution >= 0.6 is 11.6 Å². The Balaban J connectivity index is 1.04. The van der Waals surface area contributed by atoms with Crippen LogP contribution in [0.15, 0.2) is 54.6 Å². The lowest BCUT2D eigenvalue weighted by molar-refractivity contribution is -0.172. The van der Waals surface area contributed by atoms with E-state index in [0.29, 0.717) is 79.8 Å². The third kappa shape index (κ3) is 7.38. The Morgan fingerprint density at radius 1 is 0.965 bits per heavy atom. The summed E-state index contributed by atoms with van der Waals surface area (Å²) < 4.78 is 61.4. The van der Waals surface area contributed by atoms with Gasteiger partial charge in [0.2, 0.25) is 23.5 Å². The Hall–Kier alpha value is -4.92. The highest BCUT2D eigenvalue weighted by Crippen LogP contribution is 2.51. The number of methoxy groups -OCH3 is 2. The first-order valence-electron chi connectivity index (χ1n) is 19.1. The van der Waals surface area contributed by atoms with Crippen LogP contribution < -0.4 is 24.8 Å². The molecule has 2 aliphatic carbocycles. The standard InChI is InChI=1S/C42H43ClF3N5O6/c1-55-37-24(20-47-21-26-10-14-35(52)48-26)9-12-33(49-37)31-8-4-7-30(36(31)43)27-5-3-6-29-28(27)11-13-34(29)57-39-32(42(44,45)46)17-25(38(50-39)56-2)22-51-16-15-23-18-41(51,19-23)40(53)54/h3-9,12,17,23,26,34,47H,10-11,13-16,18-22H2,1-2H3,(H,48,52)(H,53,54)/t23?,26-,34-,41?/m0/s1. The summed E-state index contributed by atoms with van der Waals surface area (Å²) in [6.45, 7) is 1.56. The summed E-state index contributed by atoms with van der Waals surface area (Å²) in [4.78, 5) is 34.6. The maximum atomic E-state index is 14.7. The van der Waals surface area contributed by atoms with Crippen LogP contribution in [-0.2, 0) is 35.3 Å². The molecular weight excluding hydrogens is 763 g/mol. The second-order valence-corrected chi connectivity index (χ2v) is 15.7. The number of aromatic nitrogens is 2. The normalized spacial score (nSPS) is 22.8. The summed E-state index contributed by atoms with van der Waals surface area (Å²) in [7, 11) is 2.89. The Morgan fingerprint density at radius 3 is 2.42 bits per heavy atom. The molecule has 57 heavy (non-hydrogen) atoms. The molecule has 2 aromatic heterocycles. The highest BCUT2D eigenvalue weighted by molar-refractivity contribution is 6.36. The van der Waals surface area contributed by atoms with Crippen LogP contribution in [0.5, 0.6) is 17.6 Å². The fourth-order valence-electron chi connectivity index (χ4n) is 8.97. The number of carbonyl (C=O) groups is 2. The molecule has 1 saturated carbocycles. The molecule has 15 heteroatoms. The number of alkyl halides is 3. The number of piperidine rings is 2. The molecule has 0 spiro atoms. The van der Waals surface area contributed by atoms with Crippen LogP contribution in [0.1, 0.15) is 72.4 Å². The zero-order valence-electron chi connectivity index (χ0n) is 31.5. The molecule has 3 N–H and O–H groups in total. The number of rotatable bonds is 13. The van der Waals surface area contributed by atoms with Crippen LogP contribution in [0.4, 0.5) is 13.2 Å². The minimum Gasteiger partial charge on any atom is -0.481 e. The lowest BCUT2D eigenvalue weighted by Gasteiger charge is -2.56. The lowest BCUT2D eigenvalue weighted by atomic mass is 9.62. The Kier molecular flexibility index (Phi) is 10.5. The smallest absolute Gasteiger partial charge is 0.421 e. The van der Waals surface area contributed by atoms with E-state index in [1.54, 1.807) is 12.0 Å². The van der Waals surface area contributed by atoms with E-state index < -0.39 is 35.2 Å². The molecule has 2 bridgehead atoms. The van der Waals surface area contributed by atoms with Crippen molar-refractivity contribution in [3.63, 3.8) is 0 Å². The molecule has 4 fully saturated rings. The van der Waals surface area contributed by atoms with E-state index >= 15 is 0 Å². The van der Waals surface area contributed by atoms with Gasteiger partial charge in [0.15, 0.2) is 0 Å². The number of pyridine rings is 2. The number of amides is 1. The number of nitrogens with zero attached hydrogens (tertiary/aromatic N) is 3. The average Bonchev–Trinajstić information content (AvgIpc) is 3.80. The first-order chi connectivity index (χ1) is 27.4. The number of nitrogens with one attached hydrogen (secondary N) is 2. The summed E-state index contributed by atoms with van der Waals surface area (Å²) in [5.74, 6) is -0.759. The summed E-state index contributed by atoms with van der Waals surface area (Å²) in [5, 5.41) is 16.8. The minimum atomic E-state index is -4.80. The Morgan fingerprint density at radius 2 is 1.70 bits per heavy atom. The number of carbonyl (C=O) groups excluding carboxylic acids is 1. The third-order valence-corrected chi connectivity index (χ3v) is 12.3. The number of carboxylic acid groups (broad SMARTS) is 1. The second-order valence-electron chi connectivity index (χ2n) is 15.3. The van der Waals surface area contributed by atoms with Crippen LogP contribution in [0.25, 0.3) is 22.4 Å². The van der Waals surface area contributed by atoms with Gasteiger partial charge in [-0.05, 0) is 79.8 Å². The van der Waals surface area contributed by atoms with Gasteiger partial charge in [-0.15, -0.1) is 0 Å². The van der Waals surface area contributed by atoms with E-state index in [1.807, 2.05) is 48.5 Å². The number of hydrogen-bond acceptors (Lipinski definition) is 9. The van der Waals surface area contributed by atoms with E-state index in [0.717, 1.165) is 46.7 Å².